The van der Waals surface area contributed by atoms with Crippen LogP contribution in [0.3, 0.4) is 0 Å². The van der Waals surface area contributed by atoms with Crippen LogP contribution in [0, 0.1) is 5.92 Å². The largest absolute Gasteiger partial charge is 0.511 e. The molecule has 0 bridgehead atoms. The smallest absolute Gasteiger partial charge is 0.201 e. The minimum Gasteiger partial charge on any atom is -0.511 e. The van der Waals surface area contributed by atoms with Gasteiger partial charge in [0, 0.05) is 18.4 Å². The van der Waals surface area contributed by atoms with E-state index in [0.29, 0.717) is 28.6 Å². The topological polar surface area (TPSA) is 80.2 Å². The number of Topliss-reactive ketones (excluding diaryl/α,β-unsaturated/α-hetero) is 2. The highest BCUT2D eigenvalue weighted by Crippen LogP contribution is 2.30. The van der Waals surface area contributed by atoms with Crippen LogP contribution in [0.2, 0.25) is 0 Å². The second-order valence-corrected chi connectivity index (χ2v) is 5.77. The molecule has 1 aliphatic rings. The number of aliphatic hydroxyl groups is 1. The molecule has 102 valence electrons. The van der Waals surface area contributed by atoms with Crippen molar-refractivity contribution < 1.29 is 14.7 Å². The van der Waals surface area contributed by atoms with Gasteiger partial charge in [0.05, 0.1) is 4.70 Å². The van der Waals surface area contributed by atoms with Gasteiger partial charge in [0.25, 0.3) is 0 Å². The van der Waals surface area contributed by atoms with E-state index in [2.05, 4.69) is 9.59 Å². The average Bonchev–Trinajstić information content (AvgIpc) is 2.85. The molecule has 1 unspecified atom stereocenters. The van der Waals surface area contributed by atoms with Crippen LogP contribution in [0.25, 0.3) is 10.2 Å². The molecule has 1 aromatic heterocycles. The lowest BCUT2D eigenvalue weighted by atomic mass is 9.85. The minimum atomic E-state index is -0.434. The molecule has 0 fully saturated rings. The van der Waals surface area contributed by atoms with Crippen LogP contribution in [-0.4, -0.2) is 26.3 Å². The molecular weight excluding hydrogens is 276 g/mol. The number of hydrogen-bond donors (Lipinski definition) is 1. The maximum atomic E-state index is 12.6. The zero-order valence-corrected chi connectivity index (χ0v) is 11.6. The summed E-state index contributed by atoms with van der Waals surface area (Å²) in [7, 11) is 0. The van der Waals surface area contributed by atoms with Crippen LogP contribution in [0.5, 0.6) is 0 Å². The van der Waals surface area contributed by atoms with Gasteiger partial charge in [-0.15, -0.1) is 5.10 Å². The summed E-state index contributed by atoms with van der Waals surface area (Å²) in [6.45, 7) is 1.88. The van der Waals surface area contributed by atoms with E-state index in [4.69, 9.17) is 0 Å². The number of aromatic nitrogens is 2. The molecule has 0 amide bonds. The van der Waals surface area contributed by atoms with E-state index in [9.17, 15) is 14.7 Å². The van der Waals surface area contributed by atoms with Crippen molar-refractivity contribution in [3.05, 3.63) is 35.1 Å². The van der Waals surface area contributed by atoms with Gasteiger partial charge in [0.15, 0.2) is 5.78 Å². The second-order valence-electron chi connectivity index (χ2n) is 5.01. The number of allylic oxidation sites excluding steroid dienone is 2. The molecule has 1 atom stereocenters. The highest BCUT2D eigenvalue weighted by molar-refractivity contribution is 7.13. The molecular formula is C14H12N2O3S. The van der Waals surface area contributed by atoms with Crippen LogP contribution < -0.4 is 0 Å². The molecule has 1 aliphatic carbocycles. The Balaban J connectivity index is 2.11. The molecule has 1 N–H and O–H groups in total. The van der Waals surface area contributed by atoms with E-state index in [1.54, 1.807) is 18.2 Å². The molecule has 0 saturated carbocycles. The minimum absolute atomic E-state index is 0.0694. The van der Waals surface area contributed by atoms with Crippen molar-refractivity contribution in [1.82, 2.24) is 9.59 Å². The molecule has 20 heavy (non-hydrogen) atoms. The molecule has 0 aliphatic heterocycles. The first-order chi connectivity index (χ1) is 9.58. The SMILES string of the molecule is CC1CC(=O)C(C(=O)c2cccc3nnsc23)=C(O)C1. The van der Waals surface area contributed by atoms with Gasteiger partial charge in [-0.05, 0) is 29.6 Å². The number of hydrogen-bond acceptors (Lipinski definition) is 6. The van der Waals surface area contributed by atoms with Crippen molar-refractivity contribution in [1.29, 1.82) is 0 Å². The van der Waals surface area contributed by atoms with Crippen molar-refractivity contribution in [2.24, 2.45) is 5.92 Å². The predicted octanol–water partition coefficient (Wildman–Crippen LogP) is 2.69. The summed E-state index contributed by atoms with van der Waals surface area (Å²) in [6.07, 6.45) is 0.659. The van der Waals surface area contributed by atoms with E-state index in [0.717, 1.165) is 11.5 Å². The van der Waals surface area contributed by atoms with Crippen LogP contribution in [0.1, 0.15) is 30.1 Å². The van der Waals surface area contributed by atoms with E-state index in [-0.39, 0.29) is 23.0 Å². The lowest BCUT2D eigenvalue weighted by Gasteiger charge is -2.19. The van der Waals surface area contributed by atoms with Crippen molar-refractivity contribution in [2.45, 2.75) is 19.8 Å². The summed E-state index contributed by atoms with van der Waals surface area (Å²) in [6, 6.07) is 5.09. The van der Waals surface area contributed by atoms with E-state index in [1.165, 1.54) is 0 Å². The summed E-state index contributed by atoms with van der Waals surface area (Å²) < 4.78 is 4.46. The summed E-state index contributed by atoms with van der Waals surface area (Å²) in [4.78, 5) is 24.6. The quantitative estimate of drug-likeness (QED) is 0.679. The summed E-state index contributed by atoms with van der Waals surface area (Å²) in [5.74, 6) is -0.759. The van der Waals surface area contributed by atoms with E-state index < -0.39 is 5.78 Å². The summed E-state index contributed by atoms with van der Waals surface area (Å²) in [5, 5.41) is 13.9. The number of carbonyl (C=O) groups excluding carboxylic acids is 2. The van der Waals surface area contributed by atoms with Gasteiger partial charge in [-0.2, -0.15) is 0 Å². The first-order valence-electron chi connectivity index (χ1n) is 6.29. The Morgan fingerprint density at radius 3 is 2.95 bits per heavy atom. The summed E-state index contributed by atoms with van der Waals surface area (Å²) >= 11 is 1.11. The monoisotopic (exact) mass is 288 g/mol. The zero-order chi connectivity index (χ0) is 14.3. The Morgan fingerprint density at radius 2 is 2.20 bits per heavy atom. The lowest BCUT2D eigenvalue weighted by molar-refractivity contribution is -0.116. The average molecular weight is 288 g/mol. The third kappa shape index (κ3) is 2.02. The van der Waals surface area contributed by atoms with E-state index >= 15 is 0 Å². The van der Waals surface area contributed by atoms with Crippen LogP contribution in [0.15, 0.2) is 29.5 Å². The molecule has 0 radical (unpaired) electrons. The first-order valence-corrected chi connectivity index (χ1v) is 7.06. The van der Waals surface area contributed by atoms with E-state index in [1.807, 2.05) is 6.92 Å². The van der Waals surface area contributed by atoms with Crippen molar-refractivity contribution in [2.75, 3.05) is 0 Å². The Kier molecular flexibility index (Phi) is 3.10. The van der Waals surface area contributed by atoms with Crippen molar-refractivity contribution in [3.63, 3.8) is 0 Å². The van der Waals surface area contributed by atoms with Gasteiger partial charge in [0.2, 0.25) is 5.78 Å². The molecule has 1 heterocycles. The van der Waals surface area contributed by atoms with Gasteiger partial charge >= 0.3 is 0 Å². The number of fused-ring (bicyclic) bond motifs is 1. The summed E-state index contributed by atoms with van der Waals surface area (Å²) in [5.41, 5.74) is 0.920. The highest BCUT2D eigenvalue weighted by atomic mass is 32.1. The fraction of sp³-hybridized carbons (Fsp3) is 0.286. The van der Waals surface area contributed by atoms with Gasteiger partial charge in [-0.3, -0.25) is 9.59 Å². The lowest BCUT2D eigenvalue weighted by Crippen LogP contribution is -2.23. The number of benzene rings is 1. The molecule has 1 aromatic carbocycles. The predicted molar refractivity (Wildman–Crippen MR) is 74.8 cm³/mol. The molecule has 0 saturated heterocycles. The Labute approximate surface area is 119 Å². The van der Waals surface area contributed by atoms with Gasteiger partial charge in [-0.25, -0.2) is 0 Å². The Morgan fingerprint density at radius 1 is 1.40 bits per heavy atom. The molecule has 2 aromatic rings. The number of rotatable bonds is 2. The number of carbonyl (C=O) groups is 2. The zero-order valence-electron chi connectivity index (χ0n) is 10.8. The Hall–Kier alpha value is -2.08. The van der Waals surface area contributed by atoms with Crippen LogP contribution in [0.4, 0.5) is 0 Å². The first kappa shape index (κ1) is 12.9. The van der Waals surface area contributed by atoms with Crippen LogP contribution in [-0.2, 0) is 4.79 Å². The van der Waals surface area contributed by atoms with Crippen LogP contribution >= 0.6 is 11.5 Å². The van der Waals surface area contributed by atoms with Crippen molar-refractivity contribution >= 4 is 33.3 Å². The normalized spacial score (nSPS) is 19.6. The maximum Gasteiger partial charge on any atom is 0.201 e. The second kappa shape index (κ2) is 4.79. The van der Waals surface area contributed by atoms with Gasteiger partial charge < -0.3 is 5.11 Å². The molecule has 6 heteroatoms. The third-order valence-corrected chi connectivity index (χ3v) is 4.16. The fourth-order valence-corrected chi connectivity index (χ4v) is 3.13. The number of aliphatic hydroxyl groups excluding tert-OH is 1. The highest BCUT2D eigenvalue weighted by Gasteiger charge is 2.31. The maximum absolute atomic E-state index is 12.6. The molecule has 3 rings (SSSR count). The van der Waals surface area contributed by atoms with Gasteiger partial charge in [0.1, 0.15) is 16.8 Å². The number of ketones is 2. The Bertz CT molecular complexity index is 748. The number of nitrogens with zero attached hydrogens (tertiary/aromatic N) is 2. The molecule has 0 spiro atoms. The standard InChI is InChI=1S/C14H12N2O3S/c1-7-5-10(17)12(11(18)6-7)13(19)8-3-2-4-9-14(8)20-16-15-9/h2-4,7,17H,5-6H2,1H3. The molecule has 5 nitrogen and oxygen atoms in total. The van der Waals surface area contributed by atoms with Gasteiger partial charge in [-0.1, -0.05) is 17.5 Å². The fourth-order valence-electron chi connectivity index (χ4n) is 2.46. The van der Waals surface area contributed by atoms with Crippen molar-refractivity contribution in [3.8, 4) is 0 Å². The third-order valence-electron chi connectivity index (χ3n) is 3.39.